The minimum atomic E-state index is -0.433. The van der Waals surface area contributed by atoms with Crippen LogP contribution in [-0.2, 0) is 11.2 Å². The summed E-state index contributed by atoms with van der Waals surface area (Å²) in [5.74, 6) is 1.37. The molecule has 1 heterocycles. The summed E-state index contributed by atoms with van der Waals surface area (Å²) in [7, 11) is 3.08. The first-order chi connectivity index (χ1) is 15.9. The fourth-order valence-electron chi connectivity index (χ4n) is 3.61. The molecule has 0 aliphatic rings. The van der Waals surface area contributed by atoms with E-state index >= 15 is 0 Å². The smallest absolute Gasteiger partial charge is 0.315 e. The van der Waals surface area contributed by atoms with E-state index in [1.54, 1.807) is 74.7 Å². The number of aryl methyl sites for hydroxylation is 1. The number of halogens is 1. The molecule has 4 rings (SSSR count). The molecule has 0 radical (unpaired) electrons. The van der Waals surface area contributed by atoms with E-state index in [4.69, 9.17) is 30.2 Å². The Kier molecular flexibility index (Phi) is 6.38. The van der Waals surface area contributed by atoms with Gasteiger partial charge in [-0.05, 0) is 54.4 Å². The summed E-state index contributed by atoms with van der Waals surface area (Å²) in [4.78, 5) is 25.6. The van der Waals surface area contributed by atoms with Crippen LogP contribution in [0.5, 0.6) is 17.2 Å². The zero-order valence-electron chi connectivity index (χ0n) is 18.3. The molecule has 0 bridgehead atoms. The number of hydrogen-bond donors (Lipinski definition) is 0. The maximum Gasteiger partial charge on any atom is 0.315 e. The molecule has 33 heavy (non-hydrogen) atoms. The van der Waals surface area contributed by atoms with Gasteiger partial charge in [0.25, 0.3) is 0 Å². The average molecular weight is 465 g/mol. The predicted octanol–water partition coefficient (Wildman–Crippen LogP) is 5.59. The quantitative estimate of drug-likeness (QED) is 0.273. The largest absolute Gasteiger partial charge is 0.493 e. The minimum Gasteiger partial charge on any atom is -0.493 e. The molecule has 7 heteroatoms. The van der Waals surface area contributed by atoms with Gasteiger partial charge in [0, 0.05) is 11.1 Å². The summed E-state index contributed by atoms with van der Waals surface area (Å²) in [6.07, 6.45) is 0.0937. The van der Waals surface area contributed by atoms with Gasteiger partial charge in [0.05, 0.1) is 31.6 Å². The van der Waals surface area contributed by atoms with E-state index in [1.807, 2.05) is 0 Å². The monoisotopic (exact) mass is 464 g/mol. The second kappa shape index (κ2) is 9.38. The van der Waals surface area contributed by atoms with Gasteiger partial charge in [0.15, 0.2) is 11.5 Å². The van der Waals surface area contributed by atoms with Gasteiger partial charge in [-0.15, -0.1) is 0 Å². The van der Waals surface area contributed by atoms with Gasteiger partial charge >= 0.3 is 5.97 Å². The van der Waals surface area contributed by atoms with E-state index in [0.29, 0.717) is 50.1 Å². The Morgan fingerprint density at radius 1 is 0.939 bits per heavy atom. The second-order valence-electron chi connectivity index (χ2n) is 7.37. The lowest BCUT2D eigenvalue weighted by Gasteiger charge is -2.12. The molecule has 0 saturated carbocycles. The Hall–Kier alpha value is -3.77. The van der Waals surface area contributed by atoms with Crippen LogP contribution < -0.4 is 19.6 Å². The summed E-state index contributed by atoms with van der Waals surface area (Å²) in [5.41, 5.74) is 2.00. The standard InChI is InChI=1S/C26H21ClO6/c1-15-25(17-6-11-21(30-2)23(13-17)31-3)26(29)20-10-9-19(14-22(20)32-15)33-24(28)12-16-4-7-18(27)8-5-16/h4-11,13-14H,12H2,1-3H3. The second-order valence-corrected chi connectivity index (χ2v) is 7.80. The molecule has 4 aromatic rings. The van der Waals surface area contributed by atoms with Gasteiger partial charge in [-0.1, -0.05) is 29.8 Å². The number of rotatable bonds is 6. The molecule has 0 aliphatic heterocycles. The number of esters is 1. The highest BCUT2D eigenvalue weighted by Gasteiger charge is 2.17. The molecule has 6 nitrogen and oxygen atoms in total. The summed E-state index contributed by atoms with van der Waals surface area (Å²) in [5, 5.41) is 0.974. The third-order valence-electron chi connectivity index (χ3n) is 5.21. The van der Waals surface area contributed by atoms with E-state index in [0.717, 1.165) is 5.56 Å². The van der Waals surface area contributed by atoms with E-state index in [1.165, 1.54) is 7.11 Å². The summed E-state index contributed by atoms with van der Waals surface area (Å²) in [6, 6.07) is 16.9. The maximum atomic E-state index is 13.3. The average Bonchev–Trinajstić information content (AvgIpc) is 2.80. The van der Waals surface area contributed by atoms with Crippen molar-refractivity contribution in [3.05, 3.63) is 87.2 Å². The summed E-state index contributed by atoms with van der Waals surface area (Å²) < 4.78 is 22.0. The van der Waals surface area contributed by atoms with Crippen molar-refractivity contribution in [2.45, 2.75) is 13.3 Å². The molecule has 0 amide bonds. The van der Waals surface area contributed by atoms with Crippen molar-refractivity contribution in [2.24, 2.45) is 0 Å². The lowest BCUT2D eigenvalue weighted by molar-refractivity contribution is -0.133. The highest BCUT2D eigenvalue weighted by Crippen LogP contribution is 2.33. The van der Waals surface area contributed by atoms with Crippen LogP contribution in [0.25, 0.3) is 22.1 Å². The zero-order chi connectivity index (χ0) is 23.5. The zero-order valence-corrected chi connectivity index (χ0v) is 19.1. The third kappa shape index (κ3) is 4.71. The molecule has 0 spiro atoms. The van der Waals surface area contributed by atoms with Crippen molar-refractivity contribution in [3.8, 4) is 28.4 Å². The Morgan fingerprint density at radius 3 is 2.36 bits per heavy atom. The van der Waals surface area contributed by atoms with Crippen molar-refractivity contribution < 1.29 is 23.4 Å². The topological polar surface area (TPSA) is 75.0 Å². The lowest BCUT2D eigenvalue weighted by atomic mass is 10.0. The number of carbonyl (C=O) groups excluding carboxylic acids is 1. The van der Waals surface area contributed by atoms with Crippen LogP contribution in [0, 0.1) is 6.92 Å². The van der Waals surface area contributed by atoms with Crippen molar-refractivity contribution in [1.82, 2.24) is 0 Å². The van der Waals surface area contributed by atoms with Crippen molar-refractivity contribution >= 4 is 28.5 Å². The predicted molar refractivity (Wildman–Crippen MR) is 127 cm³/mol. The van der Waals surface area contributed by atoms with E-state index in [9.17, 15) is 9.59 Å². The Bertz CT molecular complexity index is 1390. The Morgan fingerprint density at radius 2 is 1.67 bits per heavy atom. The third-order valence-corrected chi connectivity index (χ3v) is 5.46. The molecule has 168 valence electrons. The van der Waals surface area contributed by atoms with Crippen LogP contribution in [-0.4, -0.2) is 20.2 Å². The van der Waals surface area contributed by atoms with Crippen LogP contribution in [0.2, 0.25) is 5.02 Å². The molecule has 1 aromatic heterocycles. The molecular weight excluding hydrogens is 444 g/mol. The first-order valence-corrected chi connectivity index (χ1v) is 10.5. The lowest BCUT2D eigenvalue weighted by Crippen LogP contribution is -2.12. The normalized spacial score (nSPS) is 10.8. The molecule has 0 saturated heterocycles. The Balaban J connectivity index is 1.64. The van der Waals surface area contributed by atoms with Crippen LogP contribution in [0.1, 0.15) is 11.3 Å². The van der Waals surface area contributed by atoms with E-state index in [-0.39, 0.29) is 11.8 Å². The van der Waals surface area contributed by atoms with Gasteiger partial charge in [-0.25, -0.2) is 0 Å². The number of methoxy groups -OCH3 is 2. The highest BCUT2D eigenvalue weighted by atomic mass is 35.5. The molecule has 0 fully saturated rings. The van der Waals surface area contributed by atoms with Crippen LogP contribution in [0.3, 0.4) is 0 Å². The fourth-order valence-corrected chi connectivity index (χ4v) is 3.74. The number of fused-ring (bicyclic) bond motifs is 1. The molecular formula is C26H21ClO6. The first-order valence-electron chi connectivity index (χ1n) is 10.1. The van der Waals surface area contributed by atoms with Gasteiger partial charge in [0.1, 0.15) is 17.1 Å². The fraction of sp³-hybridized carbons (Fsp3) is 0.154. The van der Waals surface area contributed by atoms with Crippen LogP contribution in [0.4, 0.5) is 0 Å². The van der Waals surface area contributed by atoms with Crippen LogP contribution in [0.15, 0.2) is 69.9 Å². The summed E-state index contributed by atoms with van der Waals surface area (Å²) in [6.45, 7) is 1.71. The SMILES string of the molecule is COc1ccc(-c2c(C)oc3cc(OC(=O)Cc4ccc(Cl)cc4)ccc3c2=O)cc1OC. The van der Waals surface area contributed by atoms with E-state index < -0.39 is 5.97 Å². The maximum absolute atomic E-state index is 13.3. The number of benzene rings is 3. The van der Waals surface area contributed by atoms with Crippen molar-refractivity contribution in [3.63, 3.8) is 0 Å². The number of carbonyl (C=O) groups is 1. The van der Waals surface area contributed by atoms with Gasteiger partial charge in [0.2, 0.25) is 5.43 Å². The molecule has 0 N–H and O–H groups in total. The van der Waals surface area contributed by atoms with Crippen LogP contribution >= 0.6 is 11.6 Å². The number of hydrogen-bond acceptors (Lipinski definition) is 6. The van der Waals surface area contributed by atoms with E-state index in [2.05, 4.69) is 0 Å². The van der Waals surface area contributed by atoms with Crippen molar-refractivity contribution in [1.29, 1.82) is 0 Å². The van der Waals surface area contributed by atoms with Gasteiger partial charge < -0.3 is 18.6 Å². The van der Waals surface area contributed by atoms with Gasteiger partial charge in [-0.2, -0.15) is 0 Å². The first kappa shape index (κ1) is 22.4. The minimum absolute atomic E-state index is 0.0937. The number of ether oxygens (including phenoxy) is 3. The molecule has 0 aliphatic carbocycles. The molecule has 3 aromatic carbocycles. The molecule has 0 atom stereocenters. The Labute approximate surface area is 195 Å². The van der Waals surface area contributed by atoms with Crippen molar-refractivity contribution in [2.75, 3.05) is 14.2 Å². The summed E-state index contributed by atoms with van der Waals surface area (Å²) >= 11 is 5.87. The van der Waals surface area contributed by atoms with Gasteiger partial charge in [-0.3, -0.25) is 9.59 Å². The molecule has 0 unspecified atom stereocenters. The highest BCUT2D eigenvalue weighted by molar-refractivity contribution is 6.30.